The van der Waals surface area contributed by atoms with E-state index in [0.29, 0.717) is 19.3 Å². The van der Waals surface area contributed by atoms with Crippen molar-refractivity contribution in [2.24, 2.45) is 0 Å². The Hall–Kier alpha value is -2.19. The van der Waals surface area contributed by atoms with Gasteiger partial charge in [0, 0.05) is 6.42 Å². The smallest absolute Gasteiger partial charge is 0.303 e. The van der Waals surface area contributed by atoms with Gasteiger partial charge in [0.25, 0.3) is 0 Å². The van der Waals surface area contributed by atoms with Crippen molar-refractivity contribution in [2.75, 3.05) is 0 Å². The summed E-state index contributed by atoms with van der Waals surface area (Å²) in [7, 11) is -8.23. The zero-order valence-electron chi connectivity index (χ0n) is 14.7. The molecule has 27 heavy (non-hydrogen) atoms. The Labute approximate surface area is 159 Å². The van der Waals surface area contributed by atoms with Crippen LogP contribution in [-0.4, -0.2) is 32.5 Å². The van der Waals surface area contributed by atoms with Crippen LogP contribution in [0, 0.1) is 0 Å². The van der Waals surface area contributed by atoms with Crippen LogP contribution >= 0.6 is 0 Å². The van der Waals surface area contributed by atoms with E-state index in [9.17, 15) is 21.6 Å². The third kappa shape index (κ3) is 5.40. The molecule has 0 unspecified atom stereocenters. The lowest BCUT2D eigenvalue weighted by atomic mass is 10.1. The minimum absolute atomic E-state index is 0.0263. The lowest BCUT2D eigenvalue weighted by Gasteiger charge is -2.18. The van der Waals surface area contributed by atoms with Gasteiger partial charge in [-0.25, -0.2) is 16.8 Å². The van der Waals surface area contributed by atoms with Crippen molar-refractivity contribution in [1.82, 2.24) is 0 Å². The molecule has 8 heteroatoms. The first-order valence-electron chi connectivity index (χ1n) is 8.56. The zero-order chi connectivity index (χ0) is 19.9. The van der Waals surface area contributed by atoms with Crippen LogP contribution in [0.25, 0.3) is 0 Å². The highest BCUT2D eigenvalue weighted by molar-refractivity contribution is 8.09. The molecule has 0 fully saturated rings. The molecule has 0 aliphatic rings. The van der Waals surface area contributed by atoms with Gasteiger partial charge in [0.15, 0.2) is 24.3 Å². The van der Waals surface area contributed by atoms with Crippen LogP contribution in [0.15, 0.2) is 70.5 Å². The number of unbranched alkanes of at least 4 members (excludes halogenated alkanes) is 2. The number of rotatable bonds is 10. The molecule has 0 amide bonds. The Bertz CT molecular complexity index is 882. The number of carboxylic acids is 1. The van der Waals surface area contributed by atoms with Gasteiger partial charge in [-0.15, -0.1) is 0 Å². The van der Waals surface area contributed by atoms with Crippen LogP contribution in [0.2, 0.25) is 0 Å². The van der Waals surface area contributed by atoms with Crippen molar-refractivity contribution >= 4 is 25.6 Å². The lowest BCUT2D eigenvalue weighted by Crippen LogP contribution is -2.31. The summed E-state index contributed by atoms with van der Waals surface area (Å²) in [5, 5.41) is 8.69. The Morgan fingerprint density at radius 1 is 0.741 bits per heavy atom. The van der Waals surface area contributed by atoms with Gasteiger partial charge in [0.2, 0.25) is 0 Å². The SMILES string of the molecule is O=C(O)CCCCCC(S(=O)(=O)c1ccccc1)S(=O)(=O)c1ccccc1. The third-order valence-electron chi connectivity index (χ3n) is 4.17. The van der Waals surface area contributed by atoms with Crippen molar-refractivity contribution in [3.63, 3.8) is 0 Å². The van der Waals surface area contributed by atoms with Gasteiger partial charge in [-0.2, -0.15) is 0 Å². The molecule has 0 aliphatic carbocycles. The summed E-state index contributed by atoms with van der Waals surface area (Å²) in [6, 6.07) is 15.0. The molecule has 2 aromatic carbocycles. The molecule has 0 radical (unpaired) electrons. The van der Waals surface area contributed by atoms with Gasteiger partial charge in [0.1, 0.15) is 0 Å². The van der Waals surface area contributed by atoms with E-state index in [1.165, 1.54) is 24.3 Å². The molecule has 0 heterocycles. The highest BCUT2D eigenvalue weighted by atomic mass is 32.3. The molecule has 0 saturated carbocycles. The van der Waals surface area contributed by atoms with Gasteiger partial charge in [-0.05, 0) is 37.1 Å². The van der Waals surface area contributed by atoms with Gasteiger partial charge in [-0.1, -0.05) is 49.2 Å². The van der Waals surface area contributed by atoms with Crippen molar-refractivity contribution in [2.45, 2.75) is 46.5 Å². The van der Waals surface area contributed by atoms with E-state index in [4.69, 9.17) is 5.11 Å². The van der Waals surface area contributed by atoms with E-state index in [1.807, 2.05) is 0 Å². The van der Waals surface area contributed by atoms with Gasteiger partial charge >= 0.3 is 5.97 Å². The quantitative estimate of drug-likeness (QED) is 0.603. The van der Waals surface area contributed by atoms with E-state index in [-0.39, 0.29) is 22.6 Å². The second kappa shape index (κ2) is 9.14. The lowest BCUT2D eigenvalue weighted by molar-refractivity contribution is -0.137. The first-order valence-corrected chi connectivity index (χ1v) is 11.6. The van der Waals surface area contributed by atoms with Crippen LogP contribution in [-0.2, 0) is 24.5 Å². The third-order valence-corrected chi connectivity index (χ3v) is 9.40. The van der Waals surface area contributed by atoms with Crippen LogP contribution < -0.4 is 0 Å². The standard InChI is InChI=1S/C19H22O6S2/c20-18(21)14-8-3-9-15-19(26(22,23)16-10-4-1-5-11-16)27(24,25)17-12-6-2-7-13-17/h1-2,4-7,10-13,19H,3,8-9,14-15H2,(H,20,21). The van der Waals surface area contributed by atoms with E-state index < -0.39 is 30.2 Å². The largest absolute Gasteiger partial charge is 0.481 e. The molecule has 0 spiro atoms. The number of hydrogen-bond donors (Lipinski definition) is 1. The molecule has 2 aromatic rings. The molecule has 0 aliphatic heterocycles. The number of carboxylic acid groups (broad SMARTS) is 1. The molecule has 2 rings (SSSR count). The summed E-state index contributed by atoms with van der Waals surface area (Å²) in [6.07, 6.45) is 1.00. The number of sulfone groups is 2. The molecule has 146 valence electrons. The fourth-order valence-electron chi connectivity index (χ4n) is 2.76. The molecular weight excluding hydrogens is 388 g/mol. The fraction of sp³-hybridized carbons (Fsp3) is 0.316. The Kier molecular flexibility index (Phi) is 7.15. The fourth-order valence-corrected chi connectivity index (χ4v) is 7.40. The highest BCUT2D eigenvalue weighted by Crippen LogP contribution is 2.29. The maximum absolute atomic E-state index is 13.1. The number of carbonyl (C=O) groups is 1. The van der Waals surface area contributed by atoms with E-state index in [2.05, 4.69) is 0 Å². The second-order valence-electron chi connectivity index (χ2n) is 6.14. The molecule has 6 nitrogen and oxygen atoms in total. The second-order valence-corrected chi connectivity index (χ2v) is 10.7. The monoisotopic (exact) mass is 410 g/mol. The Morgan fingerprint density at radius 3 is 1.59 bits per heavy atom. The van der Waals surface area contributed by atoms with Gasteiger partial charge < -0.3 is 5.11 Å². The summed E-state index contributed by atoms with van der Waals surface area (Å²) in [4.78, 5) is 10.5. The minimum Gasteiger partial charge on any atom is -0.481 e. The van der Waals surface area contributed by atoms with Gasteiger partial charge in [0.05, 0.1) is 9.79 Å². The molecule has 0 atom stereocenters. The normalized spacial score (nSPS) is 12.2. The minimum atomic E-state index is -4.11. The van der Waals surface area contributed by atoms with Crippen molar-refractivity contribution in [3.8, 4) is 0 Å². The number of aliphatic carboxylic acids is 1. The first-order chi connectivity index (χ1) is 12.8. The molecule has 0 aromatic heterocycles. The van der Waals surface area contributed by atoms with Crippen LogP contribution in [0.4, 0.5) is 0 Å². The van der Waals surface area contributed by atoms with E-state index in [1.54, 1.807) is 36.4 Å². The van der Waals surface area contributed by atoms with Crippen molar-refractivity contribution < 1.29 is 26.7 Å². The summed E-state index contributed by atoms with van der Waals surface area (Å²) >= 11 is 0. The maximum Gasteiger partial charge on any atom is 0.303 e. The summed E-state index contributed by atoms with van der Waals surface area (Å²) in [5.74, 6) is -0.930. The van der Waals surface area contributed by atoms with Crippen molar-refractivity contribution in [3.05, 3.63) is 60.7 Å². The Balaban J connectivity index is 2.33. The predicted molar refractivity (Wildman–Crippen MR) is 102 cm³/mol. The van der Waals surface area contributed by atoms with Crippen LogP contribution in [0.1, 0.15) is 32.1 Å². The van der Waals surface area contributed by atoms with E-state index >= 15 is 0 Å². The Morgan fingerprint density at radius 2 is 1.19 bits per heavy atom. The van der Waals surface area contributed by atoms with Crippen molar-refractivity contribution in [1.29, 1.82) is 0 Å². The number of benzene rings is 2. The van der Waals surface area contributed by atoms with E-state index in [0.717, 1.165) is 0 Å². The maximum atomic E-state index is 13.1. The summed E-state index contributed by atoms with van der Waals surface area (Å²) < 4.78 is 50.6. The van der Waals surface area contributed by atoms with Crippen LogP contribution in [0.3, 0.4) is 0 Å². The molecule has 1 N–H and O–H groups in total. The topological polar surface area (TPSA) is 106 Å². The highest BCUT2D eigenvalue weighted by Gasteiger charge is 2.39. The molecule has 0 bridgehead atoms. The number of hydrogen-bond acceptors (Lipinski definition) is 5. The summed E-state index contributed by atoms with van der Waals surface area (Å²) in [5.41, 5.74) is 0. The average Bonchev–Trinajstić information content (AvgIpc) is 2.65. The predicted octanol–water partition coefficient (Wildman–Crippen LogP) is 3.30. The summed E-state index contributed by atoms with van der Waals surface area (Å²) in [6.45, 7) is 0. The van der Waals surface area contributed by atoms with Gasteiger partial charge in [-0.3, -0.25) is 4.79 Å². The first kappa shape index (κ1) is 21.1. The molecule has 0 saturated heterocycles. The molecular formula is C19H22O6S2. The van der Waals surface area contributed by atoms with Crippen LogP contribution in [0.5, 0.6) is 0 Å². The average molecular weight is 411 g/mol. The zero-order valence-corrected chi connectivity index (χ0v) is 16.3.